The van der Waals surface area contributed by atoms with Gasteiger partial charge in [-0.25, -0.2) is 4.79 Å². The molecule has 0 aliphatic carbocycles. The summed E-state index contributed by atoms with van der Waals surface area (Å²) in [7, 11) is 1.54. The molecule has 1 heterocycles. The fraction of sp³-hybridized carbons (Fsp3) is 0.357. The van der Waals surface area contributed by atoms with Crippen LogP contribution in [0.25, 0.3) is 10.9 Å². The number of nitrogens with zero attached hydrogens (tertiary/aromatic N) is 2. The monoisotopic (exact) mass is 291 g/mol. The molecule has 0 saturated carbocycles. The minimum Gasteiger partial charge on any atom is -0.497 e. The van der Waals surface area contributed by atoms with Gasteiger partial charge in [0, 0.05) is 5.39 Å². The SMILES string of the molecule is COc1ccc2[nH]c(O)c(N=NC(=O)OC(C)(C)C)c2c1. The number of aromatic amines is 1. The Bertz CT molecular complexity index is 698. The second-order valence-electron chi connectivity index (χ2n) is 5.41. The molecule has 2 rings (SSSR count). The maximum absolute atomic E-state index is 11.5. The maximum Gasteiger partial charge on any atom is 0.452 e. The molecular formula is C14H17N3O4. The number of hydrogen-bond donors (Lipinski definition) is 2. The van der Waals surface area contributed by atoms with Crippen LogP contribution in [0.5, 0.6) is 11.6 Å². The molecule has 0 bridgehead atoms. The van der Waals surface area contributed by atoms with Crippen molar-refractivity contribution in [2.45, 2.75) is 26.4 Å². The van der Waals surface area contributed by atoms with E-state index in [2.05, 4.69) is 15.2 Å². The number of fused-ring (bicyclic) bond motifs is 1. The van der Waals surface area contributed by atoms with Gasteiger partial charge in [0.15, 0.2) is 5.69 Å². The second kappa shape index (κ2) is 5.43. The van der Waals surface area contributed by atoms with E-state index in [4.69, 9.17) is 9.47 Å². The molecule has 0 unspecified atom stereocenters. The van der Waals surface area contributed by atoms with E-state index in [1.165, 1.54) is 7.11 Å². The minimum atomic E-state index is -0.820. The molecule has 0 aliphatic rings. The van der Waals surface area contributed by atoms with Crippen molar-refractivity contribution in [3.8, 4) is 11.6 Å². The number of hydrogen-bond acceptors (Lipinski definition) is 5. The number of methoxy groups -OCH3 is 1. The average molecular weight is 291 g/mol. The number of ether oxygens (including phenoxy) is 2. The molecule has 7 heteroatoms. The van der Waals surface area contributed by atoms with Gasteiger partial charge < -0.3 is 19.6 Å². The van der Waals surface area contributed by atoms with Crippen LogP contribution in [0.3, 0.4) is 0 Å². The van der Waals surface area contributed by atoms with Crippen molar-refractivity contribution in [3.05, 3.63) is 18.2 Å². The summed E-state index contributed by atoms with van der Waals surface area (Å²) in [4.78, 5) is 14.3. The minimum absolute atomic E-state index is 0.162. The highest BCUT2D eigenvalue weighted by Gasteiger charge is 2.17. The first kappa shape index (κ1) is 14.8. The van der Waals surface area contributed by atoms with Crippen LogP contribution >= 0.6 is 0 Å². The van der Waals surface area contributed by atoms with Gasteiger partial charge in [0.1, 0.15) is 11.4 Å². The first-order valence-corrected chi connectivity index (χ1v) is 6.33. The largest absolute Gasteiger partial charge is 0.497 e. The van der Waals surface area contributed by atoms with E-state index in [0.29, 0.717) is 16.7 Å². The van der Waals surface area contributed by atoms with Gasteiger partial charge in [-0.15, -0.1) is 5.11 Å². The molecule has 0 saturated heterocycles. The predicted octanol–water partition coefficient (Wildman–Crippen LogP) is 3.90. The van der Waals surface area contributed by atoms with Gasteiger partial charge in [-0.3, -0.25) is 0 Å². The molecule has 7 nitrogen and oxygen atoms in total. The first-order valence-electron chi connectivity index (χ1n) is 6.33. The Morgan fingerprint density at radius 3 is 2.67 bits per heavy atom. The van der Waals surface area contributed by atoms with E-state index in [9.17, 15) is 9.90 Å². The van der Waals surface area contributed by atoms with E-state index < -0.39 is 11.7 Å². The lowest BCUT2D eigenvalue weighted by Crippen LogP contribution is -2.21. The van der Waals surface area contributed by atoms with Crippen molar-refractivity contribution < 1.29 is 19.4 Å². The molecular weight excluding hydrogens is 274 g/mol. The molecule has 0 radical (unpaired) electrons. The Hall–Kier alpha value is -2.57. The number of carbonyl (C=O) groups excluding carboxylic acids is 1. The van der Waals surface area contributed by atoms with E-state index >= 15 is 0 Å². The molecule has 21 heavy (non-hydrogen) atoms. The first-order chi connectivity index (χ1) is 9.80. The number of benzene rings is 1. The van der Waals surface area contributed by atoms with Crippen LogP contribution in [0.1, 0.15) is 20.8 Å². The van der Waals surface area contributed by atoms with E-state index in [0.717, 1.165) is 0 Å². The van der Waals surface area contributed by atoms with E-state index in [-0.39, 0.29) is 11.6 Å². The smallest absolute Gasteiger partial charge is 0.452 e. The predicted molar refractivity (Wildman–Crippen MR) is 77.3 cm³/mol. The van der Waals surface area contributed by atoms with Crippen LogP contribution in [-0.2, 0) is 4.74 Å². The Balaban J connectivity index is 2.33. The third-order valence-electron chi connectivity index (χ3n) is 2.58. The van der Waals surface area contributed by atoms with Crippen LogP contribution < -0.4 is 4.74 Å². The number of aromatic hydroxyl groups is 1. The second-order valence-corrected chi connectivity index (χ2v) is 5.41. The number of rotatable bonds is 2. The van der Waals surface area contributed by atoms with Gasteiger partial charge in [-0.1, -0.05) is 5.11 Å². The van der Waals surface area contributed by atoms with Crippen molar-refractivity contribution in [1.29, 1.82) is 0 Å². The third kappa shape index (κ3) is 3.50. The standard InChI is InChI=1S/C14H17N3O4/c1-14(2,3)21-13(19)17-16-11-9-7-8(20-4)5-6-10(9)15-12(11)18/h5-7,15,18H,1-4H3. The van der Waals surface area contributed by atoms with Crippen molar-refractivity contribution in [1.82, 2.24) is 4.98 Å². The summed E-state index contributed by atoms with van der Waals surface area (Å²) in [6, 6.07) is 5.17. The summed E-state index contributed by atoms with van der Waals surface area (Å²) >= 11 is 0. The molecule has 0 spiro atoms. The van der Waals surface area contributed by atoms with Gasteiger partial charge in [-0.05, 0) is 39.0 Å². The lowest BCUT2D eigenvalue weighted by Gasteiger charge is -2.16. The van der Waals surface area contributed by atoms with Crippen LogP contribution in [0.4, 0.5) is 10.5 Å². The van der Waals surface area contributed by atoms with Crippen LogP contribution in [0.15, 0.2) is 28.4 Å². The topological polar surface area (TPSA) is 96.3 Å². The molecule has 1 amide bonds. The Labute approximate surface area is 121 Å². The zero-order valence-electron chi connectivity index (χ0n) is 12.3. The molecule has 1 aromatic heterocycles. The highest BCUT2D eigenvalue weighted by atomic mass is 16.6. The summed E-state index contributed by atoms with van der Waals surface area (Å²) in [5.74, 6) is 0.431. The summed E-state index contributed by atoms with van der Waals surface area (Å²) in [5, 5.41) is 17.7. The van der Waals surface area contributed by atoms with E-state index in [1.54, 1.807) is 39.0 Å². The zero-order chi connectivity index (χ0) is 15.6. The molecule has 0 fully saturated rings. The molecule has 0 aliphatic heterocycles. The fourth-order valence-electron chi connectivity index (χ4n) is 1.74. The van der Waals surface area contributed by atoms with Gasteiger partial charge in [0.05, 0.1) is 12.6 Å². The van der Waals surface area contributed by atoms with Crippen molar-refractivity contribution in [3.63, 3.8) is 0 Å². The van der Waals surface area contributed by atoms with Gasteiger partial charge in [-0.2, -0.15) is 0 Å². The Kier molecular flexibility index (Phi) is 3.84. The van der Waals surface area contributed by atoms with Crippen molar-refractivity contribution in [2.75, 3.05) is 7.11 Å². The summed E-state index contributed by atoms with van der Waals surface area (Å²) in [6.07, 6.45) is -0.820. The highest BCUT2D eigenvalue weighted by Crippen LogP contribution is 2.37. The summed E-state index contributed by atoms with van der Waals surface area (Å²) < 4.78 is 10.1. The number of H-pyrrole nitrogens is 1. The number of azo groups is 1. The lowest BCUT2D eigenvalue weighted by molar-refractivity contribution is 0.0592. The maximum atomic E-state index is 11.5. The summed E-state index contributed by atoms with van der Waals surface area (Å²) in [6.45, 7) is 5.19. The molecule has 2 N–H and O–H groups in total. The molecule has 0 atom stereocenters. The highest BCUT2D eigenvalue weighted by molar-refractivity contribution is 5.95. The normalized spacial score (nSPS) is 12.0. The molecule has 112 valence electrons. The summed E-state index contributed by atoms with van der Waals surface area (Å²) in [5.41, 5.74) is 0.169. The number of carbonyl (C=O) groups is 1. The van der Waals surface area contributed by atoms with Crippen molar-refractivity contribution >= 4 is 22.7 Å². The van der Waals surface area contributed by atoms with Gasteiger partial charge in [0.25, 0.3) is 0 Å². The van der Waals surface area contributed by atoms with Gasteiger partial charge in [0.2, 0.25) is 5.88 Å². The van der Waals surface area contributed by atoms with E-state index in [1.807, 2.05) is 0 Å². The third-order valence-corrected chi connectivity index (χ3v) is 2.58. The Morgan fingerprint density at radius 2 is 2.05 bits per heavy atom. The van der Waals surface area contributed by atoms with Crippen LogP contribution in [-0.4, -0.2) is 28.9 Å². The number of nitrogens with one attached hydrogen (secondary N) is 1. The van der Waals surface area contributed by atoms with Crippen LogP contribution in [0, 0.1) is 0 Å². The molecule has 1 aromatic carbocycles. The lowest BCUT2D eigenvalue weighted by atomic mass is 10.2. The number of aromatic nitrogens is 1. The average Bonchev–Trinajstić information content (AvgIpc) is 2.69. The molecule has 2 aromatic rings. The van der Waals surface area contributed by atoms with Gasteiger partial charge >= 0.3 is 6.09 Å². The quantitative estimate of drug-likeness (QED) is 0.820. The zero-order valence-corrected chi connectivity index (χ0v) is 12.3. The van der Waals surface area contributed by atoms with Crippen LogP contribution in [0.2, 0.25) is 0 Å². The number of amides is 1. The Morgan fingerprint density at radius 1 is 1.33 bits per heavy atom. The fourth-order valence-corrected chi connectivity index (χ4v) is 1.74. The van der Waals surface area contributed by atoms with Crippen molar-refractivity contribution in [2.24, 2.45) is 10.2 Å².